The van der Waals surface area contributed by atoms with E-state index in [1.807, 2.05) is 32.0 Å². The summed E-state index contributed by atoms with van der Waals surface area (Å²) >= 11 is 0. The Kier molecular flexibility index (Phi) is 1.96. The van der Waals surface area contributed by atoms with Crippen LogP contribution in [0, 0.1) is 13.8 Å². The second-order valence-electron chi connectivity index (χ2n) is 4.80. The molecule has 0 saturated heterocycles. The highest BCUT2D eigenvalue weighted by Gasteiger charge is 2.14. The zero-order valence-corrected chi connectivity index (χ0v) is 10.8. The highest BCUT2D eigenvalue weighted by molar-refractivity contribution is 6.17. The summed E-state index contributed by atoms with van der Waals surface area (Å²) < 4.78 is 5.92. The molecule has 0 N–H and O–H groups in total. The molecule has 0 aliphatic heterocycles. The van der Waals surface area contributed by atoms with E-state index in [-0.39, 0.29) is 0 Å². The molecule has 0 bridgehead atoms. The topological polar surface area (TPSA) is 38.9 Å². The number of hydrogen-bond donors (Lipinski definition) is 0. The molecule has 3 heteroatoms. The fourth-order valence-corrected chi connectivity index (χ4v) is 2.68. The van der Waals surface area contributed by atoms with Gasteiger partial charge < -0.3 is 4.42 Å². The van der Waals surface area contributed by atoms with Crippen LogP contribution in [0.2, 0.25) is 0 Å². The van der Waals surface area contributed by atoms with Gasteiger partial charge in [-0.1, -0.05) is 30.3 Å². The largest absolute Gasteiger partial charge is 0.452 e. The number of benzene rings is 2. The maximum absolute atomic E-state index is 5.92. The van der Waals surface area contributed by atoms with Crippen LogP contribution in [-0.4, -0.2) is 9.97 Å². The van der Waals surface area contributed by atoms with Crippen molar-refractivity contribution in [2.45, 2.75) is 13.8 Å². The first-order valence-corrected chi connectivity index (χ1v) is 6.29. The third-order valence-electron chi connectivity index (χ3n) is 3.49. The van der Waals surface area contributed by atoms with Crippen molar-refractivity contribution in [3.63, 3.8) is 0 Å². The first-order chi connectivity index (χ1) is 9.24. The Balaban J connectivity index is 2.35. The number of nitrogens with zero attached hydrogens (tertiary/aromatic N) is 2. The van der Waals surface area contributed by atoms with Gasteiger partial charge in [-0.05, 0) is 30.7 Å². The molecule has 0 unspecified atom stereocenters. The highest BCUT2D eigenvalue weighted by Crippen LogP contribution is 2.34. The van der Waals surface area contributed by atoms with Gasteiger partial charge in [0, 0.05) is 0 Å². The van der Waals surface area contributed by atoms with Crippen LogP contribution < -0.4 is 0 Å². The molecule has 0 spiro atoms. The van der Waals surface area contributed by atoms with E-state index in [9.17, 15) is 0 Å². The van der Waals surface area contributed by atoms with E-state index in [0.29, 0.717) is 0 Å². The zero-order chi connectivity index (χ0) is 13.0. The molecule has 0 amide bonds. The lowest BCUT2D eigenvalue weighted by Gasteiger charge is -1.99. The van der Waals surface area contributed by atoms with Crippen molar-refractivity contribution in [2.75, 3.05) is 0 Å². The molecule has 2 aromatic carbocycles. The van der Waals surface area contributed by atoms with E-state index in [0.717, 1.165) is 33.6 Å². The Morgan fingerprint density at radius 1 is 0.947 bits per heavy atom. The fraction of sp³-hybridized carbons (Fsp3) is 0.125. The fourth-order valence-electron chi connectivity index (χ4n) is 2.68. The van der Waals surface area contributed by atoms with Gasteiger partial charge in [-0.15, -0.1) is 0 Å². The van der Waals surface area contributed by atoms with Gasteiger partial charge in [-0.25, -0.2) is 9.97 Å². The number of aryl methyl sites for hydroxylation is 2. The van der Waals surface area contributed by atoms with Crippen molar-refractivity contribution in [3.8, 4) is 0 Å². The molecule has 2 heterocycles. The van der Waals surface area contributed by atoms with Gasteiger partial charge in [0.1, 0.15) is 16.9 Å². The van der Waals surface area contributed by atoms with E-state index in [2.05, 4.69) is 28.2 Å². The number of rotatable bonds is 0. The van der Waals surface area contributed by atoms with Gasteiger partial charge in [-0.3, -0.25) is 0 Å². The van der Waals surface area contributed by atoms with E-state index in [1.54, 1.807) is 0 Å². The summed E-state index contributed by atoms with van der Waals surface area (Å²) in [4.78, 5) is 8.94. The lowest BCUT2D eigenvalue weighted by molar-refractivity contribution is 0.661. The maximum Gasteiger partial charge on any atom is 0.175 e. The molecule has 0 fully saturated rings. The lowest BCUT2D eigenvalue weighted by Crippen LogP contribution is -1.90. The molecule has 92 valence electrons. The van der Waals surface area contributed by atoms with Crippen LogP contribution in [0.15, 0.2) is 40.8 Å². The SMILES string of the molecule is Cc1nc(C)c2oc3ccc4ccccc4c3c2n1. The minimum Gasteiger partial charge on any atom is -0.452 e. The van der Waals surface area contributed by atoms with E-state index >= 15 is 0 Å². The minimum absolute atomic E-state index is 0.778. The molecule has 4 rings (SSSR count). The van der Waals surface area contributed by atoms with Gasteiger partial charge in [0.25, 0.3) is 0 Å². The summed E-state index contributed by atoms with van der Waals surface area (Å²) in [6.45, 7) is 3.87. The van der Waals surface area contributed by atoms with Gasteiger partial charge in [0.2, 0.25) is 0 Å². The van der Waals surface area contributed by atoms with Crippen LogP contribution >= 0.6 is 0 Å². The number of fused-ring (bicyclic) bond motifs is 5. The third-order valence-corrected chi connectivity index (χ3v) is 3.49. The highest BCUT2D eigenvalue weighted by atomic mass is 16.3. The van der Waals surface area contributed by atoms with Crippen LogP contribution in [0.1, 0.15) is 11.5 Å². The summed E-state index contributed by atoms with van der Waals surface area (Å²) in [5.41, 5.74) is 3.47. The van der Waals surface area contributed by atoms with Crippen LogP contribution in [0.4, 0.5) is 0 Å². The Morgan fingerprint density at radius 2 is 1.79 bits per heavy atom. The molecule has 0 radical (unpaired) electrons. The molecule has 3 nitrogen and oxygen atoms in total. The summed E-state index contributed by atoms with van der Waals surface area (Å²) in [7, 11) is 0. The standard InChI is InChI=1S/C16H12N2O/c1-9-16-15(18-10(2)17-9)14-12-6-4-3-5-11(12)7-8-13(14)19-16/h3-8H,1-2H3. The molecule has 0 aliphatic rings. The van der Waals surface area contributed by atoms with Crippen molar-refractivity contribution in [1.29, 1.82) is 0 Å². The first-order valence-electron chi connectivity index (χ1n) is 6.29. The first kappa shape index (κ1) is 10.5. The van der Waals surface area contributed by atoms with E-state index < -0.39 is 0 Å². The Bertz CT molecular complexity index is 938. The van der Waals surface area contributed by atoms with Crippen LogP contribution in [0.3, 0.4) is 0 Å². The van der Waals surface area contributed by atoms with E-state index in [4.69, 9.17) is 4.42 Å². The van der Waals surface area contributed by atoms with Gasteiger partial charge >= 0.3 is 0 Å². The summed E-state index contributed by atoms with van der Waals surface area (Å²) in [6, 6.07) is 12.4. The summed E-state index contributed by atoms with van der Waals surface area (Å²) in [5, 5.41) is 3.46. The normalized spacial score (nSPS) is 11.7. The Morgan fingerprint density at radius 3 is 2.68 bits per heavy atom. The molecule has 2 aromatic heterocycles. The molecule has 4 aromatic rings. The monoisotopic (exact) mass is 248 g/mol. The van der Waals surface area contributed by atoms with Crippen LogP contribution in [-0.2, 0) is 0 Å². The molecular formula is C16H12N2O. The van der Waals surface area contributed by atoms with Crippen LogP contribution in [0.5, 0.6) is 0 Å². The van der Waals surface area contributed by atoms with Crippen LogP contribution in [0.25, 0.3) is 32.8 Å². The van der Waals surface area contributed by atoms with Crippen molar-refractivity contribution in [1.82, 2.24) is 9.97 Å². The Labute approximate surface area is 109 Å². The predicted octanol–water partition coefficient (Wildman–Crippen LogP) is 4.15. The Hall–Kier alpha value is -2.42. The number of furan rings is 1. The van der Waals surface area contributed by atoms with Crippen molar-refractivity contribution >= 4 is 32.8 Å². The average Bonchev–Trinajstić information content (AvgIpc) is 2.78. The second kappa shape index (κ2) is 3.54. The summed E-state index contributed by atoms with van der Waals surface area (Å²) in [5.74, 6) is 0.778. The molecule has 19 heavy (non-hydrogen) atoms. The zero-order valence-electron chi connectivity index (χ0n) is 10.8. The van der Waals surface area contributed by atoms with Gasteiger partial charge in [0.15, 0.2) is 5.58 Å². The van der Waals surface area contributed by atoms with Gasteiger partial charge in [-0.2, -0.15) is 0 Å². The molecule has 0 atom stereocenters. The lowest BCUT2D eigenvalue weighted by atomic mass is 10.1. The number of aromatic nitrogens is 2. The van der Waals surface area contributed by atoms with E-state index in [1.165, 1.54) is 10.8 Å². The van der Waals surface area contributed by atoms with Crippen molar-refractivity contribution in [3.05, 3.63) is 47.9 Å². The van der Waals surface area contributed by atoms with Gasteiger partial charge in [0.05, 0.1) is 11.1 Å². The summed E-state index contributed by atoms with van der Waals surface area (Å²) in [6.07, 6.45) is 0. The van der Waals surface area contributed by atoms with Crippen molar-refractivity contribution in [2.24, 2.45) is 0 Å². The molecular weight excluding hydrogens is 236 g/mol. The quantitative estimate of drug-likeness (QED) is 0.469. The second-order valence-corrected chi connectivity index (χ2v) is 4.80. The minimum atomic E-state index is 0.778. The predicted molar refractivity (Wildman–Crippen MR) is 76.3 cm³/mol. The average molecular weight is 248 g/mol. The third kappa shape index (κ3) is 1.38. The smallest absolute Gasteiger partial charge is 0.175 e. The maximum atomic E-state index is 5.92. The molecule has 0 aliphatic carbocycles. The van der Waals surface area contributed by atoms with Crippen molar-refractivity contribution < 1.29 is 4.42 Å². The number of hydrogen-bond acceptors (Lipinski definition) is 3. The molecule has 0 saturated carbocycles.